The molecule has 1 atom stereocenters. The van der Waals surface area contributed by atoms with E-state index in [9.17, 15) is 9.90 Å². The molecule has 0 radical (unpaired) electrons. The highest BCUT2D eigenvalue weighted by atomic mass is 16.3. The Morgan fingerprint density at radius 1 is 1.37 bits per heavy atom. The molecule has 2 N–H and O–H groups in total. The molecule has 2 aromatic heterocycles. The number of aliphatic hydroxyl groups excluding tert-OH is 1. The fourth-order valence-electron chi connectivity index (χ4n) is 3.87. The number of anilines is 1. The molecule has 1 fully saturated rings. The number of hydrogen-bond donors (Lipinski definition) is 2. The highest BCUT2D eigenvalue weighted by Gasteiger charge is 2.29. The first-order valence-electron chi connectivity index (χ1n) is 9.62. The molecule has 0 aromatic carbocycles. The van der Waals surface area contributed by atoms with Gasteiger partial charge in [0.05, 0.1) is 23.6 Å². The van der Waals surface area contributed by atoms with Gasteiger partial charge in [-0.15, -0.1) is 0 Å². The van der Waals surface area contributed by atoms with Gasteiger partial charge in [0.1, 0.15) is 11.9 Å². The Labute approximate surface area is 160 Å². The summed E-state index contributed by atoms with van der Waals surface area (Å²) in [4.78, 5) is 18.9. The number of piperidine rings is 1. The van der Waals surface area contributed by atoms with Gasteiger partial charge in [0.25, 0.3) is 0 Å². The van der Waals surface area contributed by atoms with Crippen LogP contribution in [-0.4, -0.2) is 54.9 Å². The Kier molecular flexibility index (Phi) is 5.96. The van der Waals surface area contributed by atoms with Gasteiger partial charge in [-0.2, -0.15) is 5.10 Å². The number of carbonyl (C=O) groups is 1. The summed E-state index contributed by atoms with van der Waals surface area (Å²) < 4.78 is 3.76. The second-order valence-corrected chi connectivity index (χ2v) is 7.36. The smallest absolute Gasteiger partial charge is 0.238 e. The zero-order chi connectivity index (χ0) is 19.6. The fraction of sp³-hybridized carbons (Fsp3) is 0.632. The first-order chi connectivity index (χ1) is 12.9. The average molecular weight is 374 g/mol. The average Bonchev–Trinajstić information content (AvgIpc) is 3.19. The Bertz CT molecular complexity index is 788. The third-order valence-electron chi connectivity index (χ3n) is 5.51. The van der Waals surface area contributed by atoms with E-state index < -0.39 is 6.10 Å². The minimum Gasteiger partial charge on any atom is -0.385 e. The maximum Gasteiger partial charge on any atom is 0.238 e. The van der Waals surface area contributed by atoms with Gasteiger partial charge >= 0.3 is 0 Å². The van der Waals surface area contributed by atoms with Crippen LogP contribution in [-0.2, 0) is 18.4 Å². The summed E-state index contributed by atoms with van der Waals surface area (Å²) in [6.45, 7) is 8.67. The topological polar surface area (TPSA) is 88.2 Å². The van der Waals surface area contributed by atoms with Gasteiger partial charge in [-0.25, -0.2) is 4.98 Å². The molecule has 2 aromatic rings. The number of nitrogens with zero attached hydrogens (tertiary/aromatic N) is 5. The van der Waals surface area contributed by atoms with Crippen LogP contribution in [0.5, 0.6) is 0 Å². The molecule has 148 valence electrons. The third-order valence-corrected chi connectivity index (χ3v) is 5.51. The van der Waals surface area contributed by atoms with E-state index in [4.69, 9.17) is 0 Å². The van der Waals surface area contributed by atoms with E-state index in [0.29, 0.717) is 12.4 Å². The molecule has 8 heteroatoms. The van der Waals surface area contributed by atoms with Crippen molar-refractivity contribution in [1.29, 1.82) is 0 Å². The molecule has 3 rings (SSSR count). The van der Waals surface area contributed by atoms with Crippen molar-refractivity contribution in [1.82, 2.24) is 24.2 Å². The lowest BCUT2D eigenvalue weighted by atomic mass is 9.90. The van der Waals surface area contributed by atoms with Crippen molar-refractivity contribution in [2.45, 2.75) is 46.3 Å². The predicted molar refractivity (Wildman–Crippen MR) is 103 cm³/mol. The van der Waals surface area contributed by atoms with Crippen LogP contribution in [0.4, 0.5) is 5.69 Å². The van der Waals surface area contributed by atoms with E-state index in [1.807, 2.05) is 43.3 Å². The lowest BCUT2D eigenvalue weighted by Gasteiger charge is -2.33. The molecule has 0 saturated carbocycles. The number of aromatic nitrogens is 4. The molecule has 0 spiro atoms. The normalized spacial score (nSPS) is 17.2. The van der Waals surface area contributed by atoms with Crippen molar-refractivity contribution in [3.05, 3.63) is 29.6 Å². The summed E-state index contributed by atoms with van der Waals surface area (Å²) in [5, 5.41) is 18.0. The minimum atomic E-state index is -0.550. The molecule has 0 aliphatic carbocycles. The first-order valence-corrected chi connectivity index (χ1v) is 9.62. The highest BCUT2D eigenvalue weighted by Crippen LogP contribution is 2.29. The van der Waals surface area contributed by atoms with Crippen LogP contribution < -0.4 is 5.32 Å². The fourth-order valence-corrected chi connectivity index (χ4v) is 3.87. The zero-order valence-electron chi connectivity index (χ0n) is 16.6. The number of amides is 1. The number of nitrogens with one attached hydrogen (secondary N) is 1. The van der Waals surface area contributed by atoms with Gasteiger partial charge in [-0.3, -0.25) is 14.4 Å². The predicted octanol–water partition coefficient (Wildman–Crippen LogP) is 1.64. The SMILES string of the molecule is CCn1nc(C)c(NC(=O)CN2CCC([C@H](O)c3nccn3C)CC2)c1C. The summed E-state index contributed by atoms with van der Waals surface area (Å²) >= 11 is 0. The van der Waals surface area contributed by atoms with Crippen LogP contribution >= 0.6 is 0 Å². The van der Waals surface area contributed by atoms with E-state index in [1.54, 1.807) is 6.20 Å². The van der Waals surface area contributed by atoms with Crippen molar-refractivity contribution in [2.24, 2.45) is 13.0 Å². The summed E-state index contributed by atoms with van der Waals surface area (Å²) in [5.41, 5.74) is 2.65. The van der Waals surface area contributed by atoms with Crippen molar-refractivity contribution < 1.29 is 9.90 Å². The number of rotatable bonds is 6. The van der Waals surface area contributed by atoms with E-state index in [1.165, 1.54) is 0 Å². The summed E-state index contributed by atoms with van der Waals surface area (Å²) in [7, 11) is 1.90. The third kappa shape index (κ3) is 4.22. The first kappa shape index (κ1) is 19.6. The lowest BCUT2D eigenvalue weighted by molar-refractivity contribution is -0.117. The van der Waals surface area contributed by atoms with Gasteiger partial charge in [0.2, 0.25) is 5.91 Å². The second kappa shape index (κ2) is 8.22. The number of imidazole rings is 1. The van der Waals surface area contributed by atoms with Crippen molar-refractivity contribution >= 4 is 11.6 Å². The summed E-state index contributed by atoms with van der Waals surface area (Å²) in [5.74, 6) is 0.878. The number of aliphatic hydroxyl groups is 1. The van der Waals surface area contributed by atoms with Gasteiger partial charge in [0.15, 0.2) is 0 Å². The molecule has 1 amide bonds. The second-order valence-electron chi connectivity index (χ2n) is 7.36. The van der Waals surface area contributed by atoms with Gasteiger partial charge in [-0.1, -0.05) is 0 Å². The van der Waals surface area contributed by atoms with E-state index in [0.717, 1.165) is 49.6 Å². The van der Waals surface area contributed by atoms with E-state index >= 15 is 0 Å². The van der Waals surface area contributed by atoms with Crippen LogP contribution in [0.1, 0.15) is 43.1 Å². The largest absolute Gasteiger partial charge is 0.385 e. The number of carbonyl (C=O) groups excluding carboxylic acids is 1. The molecule has 3 heterocycles. The van der Waals surface area contributed by atoms with Crippen LogP contribution in [0.2, 0.25) is 0 Å². The van der Waals surface area contributed by atoms with Gasteiger partial charge in [-0.05, 0) is 52.6 Å². The maximum absolute atomic E-state index is 12.5. The molecular formula is C19H30N6O2. The molecule has 8 nitrogen and oxygen atoms in total. The van der Waals surface area contributed by atoms with Crippen molar-refractivity contribution in [2.75, 3.05) is 25.0 Å². The van der Waals surface area contributed by atoms with Crippen LogP contribution in [0.15, 0.2) is 12.4 Å². The van der Waals surface area contributed by atoms with Crippen molar-refractivity contribution in [3.8, 4) is 0 Å². The van der Waals surface area contributed by atoms with E-state index in [-0.39, 0.29) is 11.8 Å². The lowest BCUT2D eigenvalue weighted by Crippen LogP contribution is -2.40. The zero-order valence-corrected chi connectivity index (χ0v) is 16.6. The number of hydrogen-bond acceptors (Lipinski definition) is 5. The maximum atomic E-state index is 12.5. The summed E-state index contributed by atoms with van der Waals surface area (Å²) in [6, 6.07) is 0. The molecule has 1 aliphatic heterocycles. The number of likely N-dealkylation sites (tertiary alicyclic amines) is 1. The molecule has 1 saturated heterocycles. The standard InChI is InChI=1S/C19H30N6O2/c1-5-25-14(3)17(13(2)22-25)21-16(26)12-24-9-6-15(7-10-24)18(27)19-20-8-11-23(19)4/h8,11,15,18,27H,5-7,9-10,12H2,1-4H3,(H,21,26)/t18-/m0/s1. The molecule has 0 bridgehead atoms. The molecule has 27 heavy (non-hydrogen) atoms. The number of aryl methyl sites for hydroxylation is 3. The molecule has 0 unspecified atom stereocenters. The Morgan fingerprint density at radius 2 is 2.07 bits per heavy atom. The van der Waals surface area contributed by atoms with Gasteiger partial charge in [0, 0.05) is 26.0 Å². The summed E-state index contributed by atoms with van der Waals surface area (Å²) in [6.07, 6.45) is 4.72. The molecular weight excluding hydrogens is 344 g/mol. The van der Waals surface area contributed by atoms with E-state index in [2.05, 4.69) is 20.3 Å². The Balaban J connectivity index is 1.51. The highest BCUT2D eigenvalue weighted by molar-refractivity contribution is 5.93. The quantitative estimate of drug-likeness (QED) is 0.802. The molecule has 1 aliphatic rings. The van der Waals surface area contributed by atoms with Crippen LogP contribution in [0.25, 0.3) is 0 Å². The monoisotopic (exact) mass is 374 g/mol. The van der Waals surface area contributed by atoms with Gasteiger partial charge < -0.3 is 15.0 Å². The Hall–Kier alpha value is -2.19. The Morgan fingerprint density at radius 3 is 2.63 bits per heavy atom. The minimum absolute atomic E-state index is 0.0139. The van der Waals surface area contributed by atoms with Crippen molar-refractivity contribution in [3.63, 3.8) is 0 Å². The van der Waals surface area contributed by atoms with Crippen LogP contribution in [0, 0.1) is 19.8 Å². The van der Waals surface area contributed by atoms with Crippen LogP contribution in [0.3, 0.4) is 0 Å².